The number of methoxy groups -OCH3 is 2. The van der Waals surface area contributed by atoms with Gasteiger partial charge in [-0.2, -0.15) is 0 Å². The highest BCUT2D eigenvalue weighted by molar-refractivity contribution is 7.92. The minimum atomic E-state index is -3.83. The molecule has 0 aromatic heterocycles. The summed E-state index contributed by atoms with van der Waals surface area (Å²) in [4.78, 5) is 0.270. The maximum atomic E-state index is 13.3. The molecule has 0 heterocycles. The van der Waals surface area contributed by atoms with Crippen LogP contribution in [0.2, 0.25) is 0 Å². The van der Waals surface area contributed by atoms with E-state index in [1.165, 1.54) is 12.7 Å². The van der Waals surface area contributed by atoms with E-state index in [4.69, 9.17) is 9.47 Å². The number of anilines is 1. The lowest BCUT2D eigenvalue weighted by atomic mass is 10.0. The summed E-state index contributed by atoms with van der Waals surface area (Å²) in [5.74, 6) is 1.33. The van der Waals surface area contributed by atoms with E-state index in [0.717, 1.165) is 22.3 Å². The zero-order chi connectivity index (χ0) is 21.3. The van der Waals surface area contributed by atoms with Gasteiger partial charge < -0.3 is 9.47 Å². The zero-order valence-electron chi connectivity index (χ0n) is 17.7. The lowest BCUT2D eigenvalue weighted by Crippen LogP contribution is -2.14. The van der Waals surface area contributed by atoms with Crippen LogP contribution in [0.1, 0.15) is 36.5 Å². The second kappa shape index (κ2) is 7.95. The van der Waals surface area contributed by atoms with Gasteiger partial charge in [-0.1, -0.05) is 32.0 Å². The van der Waals surface area contributed by atoms with Crippen molar-refractivity contribution in [1.29, 1.82) is 0 Å². The first-order valence-electron chi connectivity index (χ1n) is 9.46. The second-order valence-corrected chi connectivity index (χ2v) is 9.12. The van der Waals surface area contributed by atoms with Gasteiger partial charge in [0.2, 0.25) is 0 Å². The molecular weight excluding hydrogens is 386 g/mol. The first-order valence-corrected chi connectivity index (χ1v) is 10.9. The predicted molar refractivity (Wildman–Crippen MR) is 117 cm³/mol. The van der Waals surface area contributed by atoms with Gasteiger partial charge in [-0.05, 0) is 60.2 Å². The maximum absolute atomic E-state index is 13.3. The summed E-state index contributed by atoms with van der Waals surface area (Å²) in [6.07, 6.45) is 0. The van der Waals surface area contributed by atoms with E-state index in [9.17, 15) is 8.42 Å². The average molecular weight is 414 g/mol. The van der Waals surface area contributed by atoms with Gasteiger partial charge >= 0.3 is 0 Å². The van der Waals surface area contributed by atoms with Crippen LogP contribution in [0.3, 0.4) is 0 Å². The molecule has 0 spiro atoms. The molecule has 0 radical (unpaired) electrons. The monoisotopic (exact) mass is 413 g/mol. The Kier molecular flexibility index (Phi) is 5.75. The quantitative estimate of drug-likeness (QED) is 0.592. The highest BCUT2D eigenvalue weighted by atomic mass is 32.2. The zero-order valence-corrected chi connectivity index (χ0v) is 18.5. The number of hydrogen-bond acceptors (Lipinski definition) is 4. The molecule has 0 atom stereocenters. The lowest BCUT2D eigenvalue weighted by Gasteiger charge is -2.13. The average Bonchev–Trinajstić information content (AvgIpc) is 2.91. The SMILES string of the molecule is COc1ccc(NS(=O)(=O)c2cc(C)c3cc(C(C)C)ccc(C)c2-3)c(OC)c1. The summed E-state index contributed by atoms with van der Waals surface area (Å²) in [6, 6.07) is 12.9. The van der Waals surface area contributed by atoms with Gasteiger partial charge in [0.25, 0.3) is 10.0 Å². The number of nitrogens with one attached hydrogen (secondary N) is 1. The van der Waals surface area contributed by atoms with Gasteiger partial charge in [-0.15, -0.1) is 0 Å². The highest BCUT2D eigenvalue weighted by Crippen LogP contribution is 2.40. The Balaban J connectivity index is 2.12. The van der Waals surface area contributed by atoms with Crippen molar-refractivity contribution in [1.82, 2.24) is 0 Å². The van der Waals surface area contributed by atoms with Crippen molar-refractivity contribution in [2.75, 3.05) is 18.9 Å². The van der Waals surface area contributed by atoms with Gasteiger partial charge in [-0.25, -0.2) is 8.42 Å². The fraction of sp³-hybridized carbons (Fsp3) is 0.304. The smallest absolute Gasteiger partial charge is 0.262 e. The van der Waals surface area contributed by atoms with Gasteiger partial charge in [0.15, 0.2) is 0 Å². The molecule has 1 aromatic rings. The summed E-state index contributed by atoms with van der Waals surface area (Å²) in [5, 5.41) is 0. The van der Waals surface area contributed by atoms with Crippen molar-refractivity contribution in [3.05, 3.63) is 59.2 Å². The third-order valence-corrected chi connectivity index (χ3v) is 6.52. The van der Waals surface area contributed by atoms with Crippen LogP contribution in [0, 0.1) is 13.8 Å². The number of benzene rings is 1. The molecule has 0 saturated carbocycles. The fourth-order valence-electron chi connectivity index (χ4n) is 3.44. The first kappa shape index (κ1) is 21.0. The van der Waals surface area contributed by atoms with Crippen LogP contribution in [0.25, 0.3) is 11.1 Å². The van der Waals surface area contributed by atoms with Crippen LogP contribution in [0.15, 0.2) is 47.4 Å². The van der Waals surface area contributed by atoms with Crippen LogP contribution < -0.4 is 14.2 Å². The van der Waals surface area contributed by atoms with Gasteiger partial charge in [0.1, 0.15) is 11.5 Å². The van der Waals surface area contributed by atoms with Crippen molar-refractivity contribution >= 4 is 15.7 Å². The molecule has 0 amide bonds. The van der Waals surface area contributed by atoms with E-state index in [1.54, 1.807) is 31.4 Å². The van der Waals surface area contributed by atoms with Gasteiger partial charge in [0.05, 0.1) is 24.8 Å². The van der Waals surface area contributed by atoms with Crippen LogP contribution in [-0.2, 0) is 10.0 Å². The van der Waals surface area contributed by atoms with E-state index in [1.807, 2.05) is 19.9 Å². The Morgan fingerprint density at radius 2 is 1.62 bits per heavy atom. The van der Waals surface area contributed by atoms with Crippen molar-refractivity contribution in [2.45, 2.75) is 38.5 Å². The number of sulfonamides is 1. The Bertz CT molecular complexity index is 1120. The van der Waals surface area contributed by atoms with Gasteiger partial charge in [-0.3, -0.25) is 4.72 Å². The normalized spacial score (nSPS) is 11.7. The Morgan fingerprint density at radius 3 is 2.24 bits per heavy atom. The minimum absolute atomic E-state index is 0.270. The number of hydrogen-bond donors (Lipinski definition) is 1. The number of fused-ring (bicyclic) bond motifs is 1. The van der Waals surface area contributed by atoms with Crippen LogP contribution in [0.5, 0.6) is 11.5 Å². The largest absolute Gasteiger partial charge is 0.497 e. The molecule has 0 aliphatic heterocycles. The first-order chi connectivity index (χ1) is 13.7. The number of aryl methyl sites for hydroxylation is 2. The van der Waals surface area contributed by atoms with Crippen molar-refractivity contribution in [3.8, 4) is 22.6 Å². The predicted octanol–water partition coefficient (Wildman–Crippen LogP) is 5.35. The van der Waals surface area contributed by atoms with Gasteiger partial charge in [0, 0.05) is 11.6 Å². The van der Waals surface area contributed by atoms with Crippen LogP contribution in [0.4, 0.5) is 5.69 Å². The molecule has 0 fully saturated rings. The summed E-state index contributed by atoms with van der Waals surface area (Å²) < 4.78 is 39.9. The molecule has 0 unspecified atom stereocenters. The molecule has 0 bridgehead atoms. The number of rotatable bonds is 6. The molecule has 6 heteroatoms. The molecule has 5 nitrogen and oxygen atoms in total. The van der Waals surface area contributed by atoms with E-state index in [-0.39, 0.29) is 4.90 Å². The summed E-state index contributed by atoms with van der Waals surface area (Å²) >= 11 is 0. The van der Waals surface area contributed by atoms with Crippen molar-refractivity contribution in [3.63, 3.8) is 0 Å². The van der Waals surface area contributed by atoms with Crippen LogP contribution in [-0.4, -0.2) is 22.6 Å². The molecular formula is C23H27NO4S. The van der Waals surface area contributed by atoms with Crippen molar-refractivity contribution in [2.24, 2.45) is 0 Å². The molecule has 1 aromatic carbocycles. The molecule has 1 N–H and O–H groups in total. The summed E-state index contributed by atoms with van der Waals surface area (Å²) in [5.41, 5.74) is 5.09. The maximum Gasteiger partial charge on any atom is 0.262 e. The Hall–Kier alpha value is -2.73. The molecule has 2 aliphatic rings. The third-order valence-electron chi connectivity index (χ3n) is 5.13. The van der Waals surface area contributed by atoms with E-state index >= 15 is 0 Å². The topological polar surface area (TPSA) is 64.6 Å². The molecule has 0 saturated heterocycles. The lowest BCUT2D eigenvalue weighted by molar-refractivity contribution is 0.395. The number of ether oxygens (including phenoxy) is 2. The van der Waals surface area contributed by atoms with Crippen molar-refractivity contribution < 1.29 is 17.9 Å². The summed E-state index contributed by atoms with van der Waals surface area (Å²) in [6.45, 7) is 8.14. The Labute approximate surface area is 173 Å². The van der Waals surface area contributed by atoms with Crippen LogP contribution >= 0.6 is 0 Å². The molecule has 3 rings (SSSR count). The Morgan fingerprint density at radius 1 is 0.897 bits per heavy atom. The van der Waals surface area contributed by atoms with E-state index in [0.29, 0.717) is 23.1 Å². The second-order valence-electron chi connectivity index (χ2n) is 7.47. The van der Waals surface area contributed by atoms with E-state index < -0.39 is 10.0 Å². The standard InChI is InChI=1S/C23H27NO4S/c1-14(2)17-8-7-15(3)23-19(12-17)16(4)11-22(23)29(25,26)24-20-10-9-18(27-5)13-21(20)28-6/h7-14,24H,1-6H3. The molecule has 2 aliphatic carbocycles. The fourth-order valence-corrected chi connectivity index (χ4v) is 4.88. The van der Waals surface area contributed by atoms with E-state index in [2.05, 4.69) is 30.7 Å². The third kappa shape index (κ3) is 4.03. The summed E-state index contributed by atoms with van der Waals surface area (Å²) in [7, 11) is -0.788. The molecule has 154 valence electrons. The minimum Gasteiger partial charge on any atom is -0.497 e. The highest BCUT2D eigenvalue weighted by Gasteiger charge is 2.26. The molecule has 29 heavy (non-hydrogen) atoms.